The zero-order chi connectivity index (χ0) is 21.6. The molecule has 1 heterocycles. The highest BCUT2D eigenvalue weighted by Crippen LogP contribution is 2.33. The lowest BCUT2D eigenvalue weighted by Gasteiger charge is -2.25. The van der Waals surface area contributed by atoms with Gasteiger partial charge in [0, 0.05) is 23.0 Å². The van der Waals surface area contributed by atoms with Crippen molar-refractivity contribution in [2.45, 2.75) is 18.6 Å². The molecule has 0 saturated carbocycles. The zero-order valence-electron chi connectivity index (χ0n) is 16.7. The van der Waals surface area contributed by atoms with Crippen molar-refractivity contribution in [2.75, 3.05) is 0 Å². The first-order chi connectivity index (χ1) is 15.1. The third-order valence-electron chi connectivity index (χ3n) is 5.20. The van der Waals surface area contributed by atoms with E-state index in [1.165, 1.54) is 0 Å². The van der Waals surface area contributed by atoms with Crippen LogP contribution in [0, 0.1) is 0 Å². The van der Waals surface area contributed by atoms with Crippen molar-refractivity contribution in [1.29, 1.82) is 0 Å². The zero-order valence-corrected chi connectivity index (χ0v) is 16.7. The Bertz CT molecular complexity index is 1170. The molecule has 0 unspecified atom stereocenters. The number of carbonyl (C=O) groups excluding carboxylic acids is 1. The van der Waals surface area contributed by atoms with Gasteiger partial charge in [0.1, 0.15) is 12.6 Å². The second kappa shape index (κ2) is 9.17. The number of amides is 1. The molecule has 0 fully saturated rings. The van der Waals surface area contributed by atoms with Crippen LogP contribution in [0.5, 0.6) is 0 Å². The Morgan fingerprint density at radius 1 is 0.903 bits per heavy atom. The highest BCUT2D eigenvalue weighted by atomic mass is 16.5. The van der Waals surface area contributed by atoms with Gasteiger partial charge in [-0.2, -0.15) is 0 Å². The van der Waals surface area contributed by atoms with Crippen LogP contribution in [-0.2, 0) is 16.1 Å². The molecule has 0 bridgehead atoms. The maximum absolute atomic E-state index is 12.5. The second-order valence-corrected chi connectivity index (χ2v) is 7.20. The molecule has 4 rings (SSSR count). The summed E-state index contributed by atoms with van der Waals surface area (Å²) in [5.41, 5.74) is 3.29. The first kappa shape index (κ1) is 20.2. The van der Waals surface area contributed by atoms with Crippen LogP contribution in [0.1, 0.15) is 22.6 Å². The minimum Gasteiger partial charge on any atom is -0.480 e. The number of ether oxygens (including phenoxy) is 1. The van der Waals surface area contributed by atoms with Crippen LogP contribution in [0.25, 0.3) is 10.9 Å². The van der Waals surface area contributed by atoms with Crippen molar-refractivity contribution in [1.82, 2.24) is 10.3 Å². The van der Waals surface area contributed by atoms with Gasteiger partial charge < -0.3 is 20.1 Å². The second-order valence-electron chi connectivity index (χ2n) is 7.20. The maximum Gasteiger partial charge on any atom is 0.408 e. The number of aromatic nitrogens is 1. The van der Waals surface area contributed by atoms with Crippen LogP contribution in [0.4, 0.5) is 4.79 Å². The van der Waals surface area contributed by atoms with Gasteiger partial charge in [-0.05, 0) is 22.8 Å². The smallest absolute Gasteiger partial charge is 0.408 e. The molecule has 156 valence electrons. The predicted octanol–water partition coefficient (Wildman–Crippen LogP) is 4.68. The Hall–Kier alpha value is -4.06. The summed E-state index contributed by atoms with van der Waals surface area (Å²) >= 11 is 0. The van der Waals surface area contributed by atoms with E-state index in [0.29, 0.717) is 0 Å². The van der Waals surface area contributed by atoms with E-state index in [0.717, 1.165) is 27.6 Å². The molecule has 0 aliphatic rings. The topological polar surface area (TPSA) is 91.4 Å². The number of carbonyl (C=O) groups is 2. The molecule has 31 heavy (non-hydrogen) atoms. The number of aliphatic carboxylic acids is 1. The maximum atomic E-state index is 12.5. The average molecular weight is 414 g/mol. The van der Waals surface area contributed by atoms with Crippen LogP contribution in [0.15, 0.2) is 91.1 Å². The molecule has 0 spiro atoms. The monoisotopic (exact) mass is 414 g/mol. The van der Waals surface area contributed by atoms with Crippen molar-refractivity contribution in [2.24, 2.45) is 0 Å². The summed E-state index contributed by atoms with van der Waals surface area (Å²) in [6, 6.07) is 25.0. The molecule has 6 heteroatoms. The normalized spacial score (nSPS) is 12.8. The van der Waals surface area contributed by atoms with Gasteiger partial charge in [-0.1, -0.05) is 78.9 Å². The van der Waals surface area contributed by atoms with Crippen LogP contribution in [0.3, 0.4) is 0 Å². The van der Waals surface area contributed by atoms with Crippen molar-refractivity contribution >= 4 is 23.0 Å². The lowest BCUT2D eigenvalue weighted by molar-refractivity contribution is -0.139. The van der Waals surface area contributed by atoms with Gasteiger partial charge in [0.25, 0.3) is 0 Å². The molecular formula is C25H22N2O4. The van der Waals surface area contributed by atoms with E-state index >= 15 is 0 Å². The van der Waals surface area contributed by atoms with Gasteiger partial charge >= 0.3 is 12.1 Å². The molecule has 6 nitrogen and oxygen atoms in total. The number of hydrogen-bond donors (Lipinski definition) is 3. The molecule has 4 aromatic rings. The van der Waals surface area contributed by atoms with E-state index in [4.69, 9.17) is 4.74 Å². The van der Waals surface area contributed by atoms with Crippen LogP contribution in [-0.4, -0.2) is 28.2 Å². The number of nitrogens with one attached hydrogen (secondary N) is 2. The summed E-state index contributed by atoms with van der Waals surface area (Å²) < 4.78 is 5.28. The minimum absolute atomic E-state index is 0.0576. The number of alkyl carbamates (subject to hydrolysis) is 1. The van der Waals surface area contributed by atoms with E-state index in [-0.39, 0.29) is 6.61 Å². The highest BCUT2D eigenvalue weighted by molar-refractivity contribution is 5.87. The molecule has 0 saturated heterocycles. The lowest BCUT2D eigenvalue weighted by atomic mass is 9.85. The van der Waals surface area contributed by atoms with E-state index in [2.05, 4.69) is 10.3 Å². The van der Waals surface area contributed by atoms with Gasteiger partial charge in [-0.15, -0.1) is 0 Å². The Morgan fingerprint density at radius 2 is 1.55 bits per heavy atom. The number of aromatic amines is 1. The molecular weight excluding hydrogens is 392 g/mol. The quantitative estimate of drug-likeness (QED) is 0.409. The number of para-hydroxylation sites is 1. The van der Waals surface area contributed by atoms with Crippen molar-refractivity contribution in [3.63, 3.8) is 0 Å². The van der Waals surface area contributed by atoms with Crippen LogP contribution in [0.2, 0.25) is 0 Å². The minimum atomic E-state index is -1.22. The van der Waals surface area contributed by atoms with Gasteiger partial charge in [0.2, 0.25) is 0 Å². The molecule has 0 radical (unpaired) electrons. The van der Waals surface area contributed by atoms with E-state index in [9.17, 15) is 14.7 Å². The first-order valence-corrected chi connectivity index (χ1v) is 9.94. The molecule has 1 aromatic heterocycles. The molecule has 0 aliphatic carbocycles. The van der Waals surface area contributed by atoms with E-state index in [1.54, 1.807) is 6.20 Å². The summed E-state index contributed by atoms with van der Waals surface area (Å²) in [4.78, 5) is 28.0. The number of H-pyrrole nitrogens is 1. The molecule has 1 amide bonds. The number of fused-ring (bicyclic) bond motifs is 1. The molecule has 3 aromatic carbocycles. The van der Waals surface area contributed by atoms with Crippen molar-refractivity contribution in [3.8, 4) is 0 Å². The lowest BCUT2D eigenvalue weighted by Crippen LogP contribution is -2.45. The number of hydrogen-bond acceptors (Lipinski definition) is 3. The summed E-state index contributed by atoms with van der Waals surface area (Å²) in [7, 11) is 0. The average Bonchev–Trinajstić information content (AvgIpc) is 3.22. The third-order valence-corrected chi connectivity index (χ3v) is 5.20. The van der Waals surface area contributed by atoms with Gasteiger partial charge in [-0.3, -0.25) is 0 Å². The fourth-order valence-electron chi connectivity index (χ4n) is 3.74. The fourth-order valence-corrected chi connectivity index (χ4v) is 3.74. The summed E-state index contributed by atoms with van der Waals surface area (Å²) in [6.07, 6.45) is 1.02. The van der Waals surface area contributed by atoms with Gasteiger partial charge in [0.15, 0.2) is 0 Å². The summed E-state index contributed by atoms with van der Waals surface area (Å²) in [5, 5.41) is 13.5. The fraction of sp³-hybridized carbons (Fsp3) is 0.120. The van der Waals surface area contributed by atoms with Crippen LogP contribution >= 0.6 is 0 Å². The number of carboxylic acid groups (broad SMARTS) is 1. The molecule has 3 N–H and O–H groups in total. The number of rotatable bonds is 7. The number of carboxylic acids is 1. The van der Waals surface area contributed by atoms with E-state index in [1.807, 2.05) is 84.9 Å². The summed E-state index contributed by atoms with van der Waals surface area (Å²) in [6.45, 7) is 0.0576. The van der Waals surface area contributed by atoms with Crippen molar-refractivity contribution in [3.05, 3.63) is 108 Å². The Kier molecular flexibility index (Phi) is 5.98. The SMILES string of the molecule is O=C(N[C@@H](C(=O)O)[C@H](c1ccccc1)c1c[nH]c2ccccc12)OCc1ccccc1. The van der Waals surface area contributed by atoms with Crippen molar-refractivity contribution < 1.29 is 19.4 Å². The Labute approximate surface area is 179 Å². The van der Waals surface area contributed by atoms with E-state index < -0.39 is 24.0 Å². The third kappa shape index (κ3) is 4.59. The Balaban J connectivity index is 1.64. The largest absolute Gasteiger partial charge is 0.480 e. The molecule has 2 atom stereocenters. The van der Waals surface area contributed by atoms with Crippen LogP contribution < -0.4 is 5.32 Å². The Morgan fingerprint density at radius 3 is 2.26 bits per heavy atom. The first-order valence-electron chi connectivity index (χ1n) is 9.94. The van der Waals surface area contributed by atoms with Gasteiger partial charge in [-0.25, -0.2) is 9.59 Å². The summed E-state index contributed by atoms with van der Waals surface area (Å²) in [5.74, 6) is -1.75. The standard InChI is InChI=1S/C25H22N2O4/c28-24(29)23(27-25(30)31-16-17-9-3-1-4-10-17)22(18-11-5-2-6-12-18)20-15-26-21-14-8-7-13-19(20)21/h1-15,22-23,26H,16H2,(H,27,30)(H,28,29)/t22-,23-/m1/s1. The number of benzene rings is 3. The predicted molar refractivity (Wildman–Crippen MR) is 118 cm³/mol. The molecule has 0 aliphatic heterocycles. The highest BCUT2D eigenvalue weighted by Gasteiger charge is 2.34. The van der Waals surface area contributed by atoms with Gasteiger partial charge in [0.05, 0.1) is 0 Å².